The zero-order valence-electron chi connectivity index (χ0n) is 18.7. The highest BCUT2D eigenvalue weighted by Gasteiger charge is 2.52. The molecule has 2 amide bonds. The molecule has 4 rings (SSSR count). The molecule has 33 heavy (non-hydrogen) atoms. The molecule has 0 radical (unpaired) electrons. The van der Waals surface area contributed by atoms with Crippen LogP contribution in [-0.4, -0.2) is 46.1 Å². The Morgan fingerprint density at radius 1 is 1.27 bits per heavy atom. The van der Waals surface area contributed by atoms with Gasteiger partial charge in [-0.15, -0.1) is 0 Å². The number of anilines is 1. The number of hydrogen-bond donors (Lipinski definition) is 2. The molecule has 2 aromatic rings. The van der Waals surface area contributed by atoms with Crippen molar-refractivity contribution in [3.63, 3.8) is 0 Å². The first-order valence-electron chi connectivity index (χ1n) is 11.3. The van der Waals surface area contributed by atoms with E-state index < -0.39 is 17.4 Å². The average Bonchev–Trinajstić information content (AvgIpc) is 3.38. The van der Waals surface area contributed by atoms with E-state index in [1.807, 2.05) is 30.3 Å². The van der Waals surface area contributed by atoms with Gasteiger partial charge in [-0.3, -0.25) is 9.59 Å². The Kier molecular flexibility index (Phi) is 6.88. The van der Waals surface area contributed by atoms with Gasteiger partial charge in [0.05, 0.1) is 24.9 Å². The van der Waals surface area contributed by atoms with E-state index in [1.54, 1.807) is 47.1 Å². The second-order valence-corrected chi connectivity index (χ2v) is 9.23. The number of benzene rings is 2. The minimum absolute atomic E-state index is 0.0328. The number of fused-ring (bicyclic) bond motifs is 1. The van der Waals surface area contributed by atoms with Gasteiger partial charge in [0.15, 0.2) is 5.60 Å². The summed E-state index contributed by atoms with van der Waals surface area (Å²) in [6.07, 6.45) is 5.28. The molecule has 7 heteroatoms. The normalized spacial score (nSPS) is 23.4. The Labute approximate surface area is 199 Å². The molecule has 174 valence electrons. The first kappa shape index (κ1) is 23.5. The fourth-order valence-corrected chi connectivity index (χ4v) is 5.00. The molecule has 2 aliphatic heterocycles. The molecule has 0 bridgehead atoms. The van der Waals surface area contributed by atoms with Crippen LogP contribution in [0.5, 0.6) is 0 Å². The predicted octanol–water partition coefficient (Wildman–Crippen LogP) is 3.64. The van der Waals surface area contributed by atoms with Gasteiger partial charge < -0.3 is 20.0 Å². The van der Waals surface area contributed by atoms with Crippen molar-refractivity contribution in [2.45, 2.75) is 44.4 Å². The van der Waals surface area contributed by atoms with Crippen molar-refractivity contribution in [2.75, 3.05) is 18.1 Å². The minimum atomic E-state index is -1.78. The zero-order valence-corrected chi connectivity index (χ0v) is 19.4. The maximum absolute atomic E-state index is 13.5. The number of amides is 2. The zero-order chi connectivity index (χ0) is 23.6. The Bertz CT molecular complexity index is 1060. The second-order valence-electron chi connectivity index (χ2n) is 8.79. The second kappa shape index (κ2) is 9.67. The summed E-state index contributed by atoms with van der Waals surface area (Å²) in [5.74, 6) is -1.05. The average molecular weight is 469 g/mol. The van der Waals surface area contributed by atoms with E-state index in [4.69, 9.17) is 11.6 Å². The molecule has 3 atom stereocenters. The highest BCUT2D eigenvalue weighted by molar-refractivity contribution is 6.31. The standard InChI is InChI=1S/C26H29ClN2O4/c1-18(7-5-11-24(31)28-14-6-10-21(28)17-30)26(33)22-15-20(27)12-13-23(22)29(25(26)32)16-19-8-3-2-4-9-19/h2-5,7-9,12-13,15,18,21,30,33H,6,10-11,14,16-17H2,1H3/b7-5+/t18-,21+,26+/m1/s1. The molecule has 0 aliphatic carbocycles. The molecule has 2 aromatic carbocycles. The third-order valence-electron chi connectivity index (χ3n) is 6.70. The molecular weight excluding hydrogens is 440 g/mol. The lowest BCUT2D eigenvalue weighted by Crippen LogP contribution is -2.44. The van der Waals surface area contributed by atoms with Crippen LogP contribution in [0.2, 0.25) is 5.02 Å². The Hall–Kier alpha value is -2.67. The van der Waals surface area contributed by atoms with Gasteiger partial charge in [-0.05, 0) is 36.6 Å². The molecule has 6 nitrogen and oxygen atoms in total. The summed E-state index contributed by atoms with van der Waals surface area (Å²) >= 11 is 6.23. The summed E-state index contributed by atoms with van der Waals surface area (Å²) in [6, 6.07) is 14.6. The van der Waals surface area contributed by atoms with Crippen LogP contribution in [0.4, 0.5) is 5.69 Å². The van der Waals surface area contributed by atoms with Crippen molar-refractivity contribution < 1.29 is 19.8 Å². The van der Waals surface area contributed by atoms with E-state index in [0.29, 0.717) is 29.4 Å². The number of aliphatic hydroxyl groups is 2. The van der Waals surface area contributed by atoms with Crippen molar-refractivity contribution in [1.82, 2.24) is 4.90 Å². The van der Waals surface area contributed by atoms with Crippen LogP contribution in [0.1, 0.15) is 37.3 Å². The molecule has 1 fully saturated rings. The maximum atomic E-state index is 13.5. The number of hydrogen-bond acceptors (Lipinski definition) is 4. The molecule has 0 spiro atoms. The Morgan fingerprint density at radius 3 is 2.76 bits per heavy atom. The lowest BCUT2D eigenvalue weighted by atomic mass is 9.83. The summed E-state index contributed by atoms with van der Waals surface area (Å²) in [5, 5.41) is 21.6. The highest BCUT2D eigenvalue weighted by atomic mass is 35.5. The highest BCUT2D eigenvalue weighted by Crippen LogP contribution is 2.46. The van der Waals surface area contributed by atoms with Gasteiger partial charge in [0.1, 0.15) is 0 Å². The van der Waals surface area contributed by atoms with Gasteiger partial charge >= 0.3 is 0 Å². The maximum Gasteiger partial charge on any atom is 0.264 e. The molecule has 0 unspecified atom stereocenters. The van der Waals surface area contributed by atoms with E-state index in [2.05, 4.69) is 0 Å². The Balaban J connectivity index is 1.55. The minimum Gasteiger partial charge on any atom is -0.394 e. The van der Waals surface area contributed by atoms with Crippen molar-refractivity contribution in [1.29, 1.82) is 0 Å². The van der Waals surface area contributed by atoms with E-state index >= 15 is 0 Å². The number of halogens is 1. The predicted molar refractivity (Wildman–Crippen MR) is 128 cm³/mol. The first-order valence-corrected chi connectivity index (χ1v) is 11.7. The monoisotopic (exact) mass is 468 g/mol. The van der Waals surface area contributed by atoms with Crippen LogP contribution < -0.4 is 4.90 Å². The number of carbonyl (C=O) groups is 2. The molecule has 1 saturated heterocycles. The number of carbonyl (C=O) groups excluding carboxylic acids is 2. The van der Waals surface area contributed by atoms with Gasteiger partial charge in [0, 0.05) is 29.5 Å². The Morgan fingerprint density at radius 2 is 2.03 bits per heavy atom. The van der Waals surface area contributed by atoms with Crippen molar-refractivity contribution in [3.8, 4) is 0 Å². The van der Waals surface area contributed by atoms with Gasteiger partial charge in [-0.25, -0.2) is 0 Å². The lowest BCUT2D eigenvalue weighted by molar-refractivity contribution is -0.139. The van der Waals surface area contributed by atoms with Gasteiger partial charge in [-0.1, -0.05) is 61.0 Å². The largest absolute Gasteiger partial charge is 0.394 e. The fourth-order valence-electron chi connectivity index (χ4n) is 4.83. The third kappa shape index (κ3) is 4.43. The van der Waals surface area contributed by atoms with Crippen LogP contribution in [0.15, 0.2) is 60.7 Å². The van der Waals surface area contributed by atoms with Crippen LogP contribution in [0.3, 0.4) is 0 Å². The number of likely N-dealkylation sites (tertiary alicyclic amines) is 1. The van der Waals surface area contributed by atoms with E-state index in [0.717, 1.165) is 18.4 Å². The van der Waals surface area contributed by atoms with Crippen LogP contribution in [-0.2, 0) is 21.7 Å². The fraction of sp³-hybridized carbons (Fsp3) is 0.385. The van der Waals surface area contributed by atoms with Crippen molar-refractivity contribution >= 4 is 29.1 Å². The smallest absolute Gasteiger partial charge is 0.264 e. The third-order valence-corrected chi connectivity index (χ3v) is 6.93. The summed E-state index contributed by atoms with van der Waals surface area (Å²) in [5.41, 5.74) is 0.276. The molecule has 0 saturated carbocycles. The van der Waals surface area contributed by atoms with Gasteiger partial charge in [0.25, 0.3) is 5.91 Å². The summed E-state index contributed by atoms with van der Waals surface area (Å²) in [6.45, 7) is 2.72. The number of nitrogens with zero attached hydrogens (tertiary/aromatic N) is 2. The van der Waals surface area contributed by atoms with Crippen LogP contribution >= 0.6 is 11.6 Å². The van der Waals surface area contributed by atoms with Gasteiger partial charge in [-0.2, -0.15) is 0 Å². The first-order chi connectivity index (χ1) is 15.9. The van der Waals surface area contributed by atoms with E-state index in [9.17, 15) is 19.8 Å². The SMILES string of the molecule is C[C@H](/C=C/CC(=O)N1CCC[C@H]1CO)[C@@]1(O)C(=O)N(Cc2ccccc2)c2ccc(Cl)cc21. The van der Waals surface area contributed by atoms with E-state index in [1.165, 1.54) is 0 Å². The lowest BCUT2D eigenvalue weighted by Gasteiger charge is -2.28. The topological polar surface area (TPSA) is 81.1 Å². The molecular formula is C26H29ClN2O4. The number of rotatable bonds is 7. The van der Waals surface area contributed by atoms with Crippen LogP contribution in [0, 0.1) is 5.92 Å². The van der Waals surface area contributed by atoms with Crippen molar-refractivity contribution in [3.05, 3.63) is 76.8 Å². The van der Waals surface area contributed by atoms with Crippen LogP contribution in [0.25, 0.3) is 0 Å². The van der Waals surface area contributed by atoms with Gasteiger partial charge in [0.2, 0.25) is 5.91 Å². The molecule has 2 heterocycles. The summed E-state index contributed by atoms with van der Waals surface area (Å²) in [4.78, 5) is 29.4. The van der Waals surface area contributed by atoms with E-state index in [-0.39, 0.29) is 25.0 Å². The summed E-state index contributed by atoms with van der Waals surface area (Å²) in [7, 11) is 0. The molecule has 2 N–H and O–H groups in total. The van der Waals surface area contributed by atoms with Crippen molar-refractivity contribution in [2.24, 2.45) is 5.92 Å². The quantitative estimate of drug-likeness (QED) is 0.608. The molecule has 0 aromatic heterocycles. The number of aliphatic hydroxyl groups excluding tert-OH is 1. The summed E-state index contributed by atoms with van der Waals surface area (Å²) < 4.78 is 0. The molecule has 2 aliphatic rings.